The third-order valence-electron chi connectivity index (χ3n) is 2.91. The van der Waals surface area contributed by atoms with Crippen molar-refractivity contribution in [2.24, 2.45) is 0 Å². The van der Waals surface area contributed by atoms with E-state index in [0.717, 1.165) is 16.6 Å². The van der Waals surface area contributed by atoms with E-state index in [1.165, 1.54) is 5.56 Å². The molecular weight excluding hydrogens is 345 g/mol. The van der Waals surface area contributed by atoms with Crippen LogP contribution in [0.1, 0.15) is 24.1 Å². The highest BCUT2D eigenvalue weighted by Gasteiger charge is 2.08. The third-order valence-corrected chi connectivity index (χ3v) is 4.07. The fourth-order valence-corrected chi connectivity index (χ4v) is 3.12. The first-order valence-electron chi connectivity index (χ1n) is 5.99. The standard InChI is InChI=1S/C15H14BrCl2N/c1-10(14-4-2-3-5-15(14)16)19-9-11-6-12(17)8-13(18)7-11/h2-8,10,19H,9H2,1H3/t10-/m1/s1. The lowest BCUT2D eigenvalue weighted by atomic mass is 10.1. The minimum absolute atomic E-state index is 0.244. The second kappa shape index (κ2) is 6.76. The number of rotatable bonds is 4. The molecule has 0 amide bonds. The lowest BCUT2D eigenvalue weighted by Gasteiger charge is -2.16. The first kappa shape index (κ1) is 14.9. The molecule has 0 saturated heterocycles. The van der Waals surface area contributed by atoms with Gasteiger partial charge in [0.05, 0.1) is 0 Å². The fraction of sp³-hybridized carbons (Fsp3) is 0.200. The van der Waals surface area contributed by atoms with E-state index in [4.69, 9.17) is 23.2 Å². The topological polar surface area (TPSA) is 12.0 Å². The van der Waals surface area contributed by atoms with Crippen LogP contribution in [0, 0.1) is 0 Å². The highest BCUT2D eigenvalue weighted by molar-refractivity contribution is 9.10. The Hall–Kier alpha value is -0.540. The van der Waals surface area contributed by atoms with Gasteiger partial charge in [0.25, 0.3) is 0 Å². The zero-order valence-corrected chi connectivity index (χ0v) is 13.6. The van der Waals surface area contributed by atoms with Crippen molar-refractivity contribution in [2.45, 2.75) is 19.5 Å². The molecule has 4 heteroatoms. The molecule has 0 aliphatic heterocycles. The van der Waals surface area contributed by atoms with Gasteiger partial charge >= 0.3 is 0 Å². The van der Waals surface area contributed by atoms with Crippen LogP contribution in [0.5, 0.6) is 0 Å². The number of nitrogens with one attached hydrogen (secondary N) is 1. The average Bonchev–Trinajstić information content (AvgIpc) is 2.35. The van der Waals surface area contributed by atoms with E-state index in [0.29, 0.717) is 10.0 Å². The molecule has 2 aromatic carbocycles. The summed E-state index contributed by atoms with van der Waals surface area (Å²) in [6, 6.07) is 14.0. The number of hydrogen-bond donors (Lipinski definition) is 1. The summed E-state index contributed by atoms with van der Waals surface area (Å²) in [5, 5.41) is 4.79. The Morgan fingerprint density at radius 1 is 1.11 bits per heavy atom. The zero-order chi connectivity index (χ0) is 13.8. The van der Waals surface area contributed by atoms with Gasteiger partial charge in [-0.2, -0.15) is 0 Å². The van der Waals surface area contributed by atoms with Crippen molar-refractivity contribution in [3.63, 3.8) is 0 Å². The molecule has 19 heavy (non-hydrogen) atoms. The maximum atomic E-state index is 5.99. The van der Waals surface area contributed by atoms with E-state index >= 15 is 0 Å². The molecule has 0 heterocycles. The van der Waals surface area contributed by atoms with E-state index in [1.807, 2.05) is 30.3 Å². The van der Waals surface area contributed by atoms with E-state index < -0.39 is 0 Å². The molecule has 0 aliphatic carbocycles. The van der Waals surface area contributed by atoms with Gasteiger partial charge in [0.15, 0.2) is 0 Å². The Morgan fingerprint density at radius 2 is 1.74 bits per heavy atom. The largest absolute Gasteiger partial charge is 0.306 e. The molecule has 0 aromatic heterocycles. The molecule has 0 bridgehead atoms. The Balaban J connectivity index is 2.04. The summed E-state index contributed by atoms with van der Waals surface area (Å²) in [6.45, 7) is 2.86. The van der Waals surface area contributed by atoms with E-state index in [1.54, 1.807) is 6.07 Å². The highest BCUT2D eigenvalue weighted by atomic mass is 79.9. The molecule has 0 fully saturated rings. The van der Waals surface area contributed by atoms with Gasteiger partial charge in [-0.1, -0.05) is 57.3 Å². The van der Waals surface area contributed by atoms with Crippen molar-refractivity contribution in [3.05, 3.63) is 68.1 Å². The molecule has 1 N–H and O–H groups in total. The van der Waals surface area contributed by atoms with Crippen molar-refractivity contribution in [1.82, 2.24) is 5.32 Å². The van der Waals surface area contributed by atoms with Crippen LogP contribution in [0.4, 0.5) is 0 Å². The molecule has 1 atom stereocenters. The second-order valence-corrected chi connectivity index (χ2v) is 6.13. The quantitative estimate of drug-likeness (QED) is 0.749. The van der Waals surface area contributed by atoms with Gasteiger partial charge in [-0.3, -0.25) is 0 Å². The normalized spacial score (nSPS) is 12.4. The summed E-state index contributed by atoms with van der Waals surface area (Å²) in [5.41, 5.74) is 2.31. The predicted molar refractivity (Wildman–Crippen MR) is 85.9 cm³/mol. The summed E-state index contributed by atoms with van der Waals surface area (Å²) in [4.78, 5) is 0. The molecule has 2 aromatic rings. The molecule has 100 valence electrons. The van der Waals surface area contributed by atoms with Gasteiger partial charge in [-0.15, -0.1) is 0 Å². The number of benzene rings is 2. The molecular formula is C15H14BrCl2N. The first-order valence-corrected chi connectivity index (χ1v) is 7.54. The Morgan fingerprint density at radius 3 is 2.37 bits per heavy atom. The van der Waals surface area contributed by atoms with E-state index in [9.17, 15) is 0 Å². The lowest BCUT2D eigenvalue weighted by Crippen LogP contribution is -2.18. The van der Waals surface area contributed by atoms with Crippen molar-refractivity contribution in [1.29, 1.82) is 0 Å². The molecule has 0 saturated carbocycles. The van der Waals surface area contributed by atoms with Gasteiger partial charge in [0.2, 0.25) is 0 Å². The maximum absolute atomic E-state index is 5.99. The predicted octanol–water partition coefficient (Wildman–Crippen LogP) is 5.61. The van der Waals surface area contributed by atoms with Crippen LogP contribution in [0.2, 0.25) is 10.0 Å². The van der Waals surface area contributed by atoms with Crippen molar-refractivity contribution >= 4 is 39.1 Å². The van der Waals surface area contributed by atoms with Crippen molar-refractivity contribution in [2.75, 3.05) is 0 Å². The second-order valence-electron chi connectivity index (χ2n) is 4.40. The van der Waals surface area contributed by atoms with Gasteiger partial charge in [0.1, 0.15) is 0 Å². The number of hydrogen-bond acceptors (Lipinski definition) is 1. The van der Waals surface area contributed by atoms with Crippen LogP contribution in [-0.4, -0.2) is 0 Å². The van der Waals surface area contributed by atoms with Crippen LogP contribution in [0.3, 0.4) is 0 Å². The molecule has 1 nitrogen and oxygen atoms in total. The first-order chi connectivity index (χ1) is 9.06. The van der Waals surface area contributed by atoms with E-state index in [2.05, 4.69) is 34.2 Å². The minimum Gasteiger partial charge on any atom is -0.306 e. The lowest BCUT2D eigenvalue weighted by molar-refractivity contribution is 0.573. The summed E-state index contributed by atoms with van der Waals surface area (Å²) < 4.78 is 1.11. The van der Waals surface area contributed by atoms with Crippen molar-refractivity contribution < 1.29 is 0 Å². The summed E-state index contributed by atoms with van der Waals surface area (Å²) in [5.74, 6) is 0. The van der Waals surface area contributed by atoms with Crippen molar-refractivity contribution in [3.8, 4) is 0 Å². The number of halogens is 3. The monoisotopic (exact) mass is 357 g/mol. The molecule has 2 rings (SSSR count). The highest BCUT2D eigenvalue weighted by Crippen LogP contribution is 2.24. The van der Waals surface area contributed by atoms with Gasteiger partial charge < -0.3 is 5.32 Å². The van der Waals surface area contributed by atoms with Gasteiger partial charge in [-0.05, 0) is 42.3 Å². The van der Waals surface area contributed by atoms with Gasteiger partial charge in [0, 0.05) is 27.1 Å². The zero-order valence-electron chi connectivity index (χ0n) is 10.5. The molecule has 0 radical (unpaired) electrons. The Labute approximate surface area is 132 Å². The Kier molecular flexibility index (Phi) is 5.28. The van der Waals surface area contributed by atoms with Crippen LogP contribution in [0.15, 0.2) is 46.9 Å². The van der Waals surface area contributed by atoms with E-state index in [-0.39, 0.29) is 6.04 Å². The Bertz CT molecular complexity index is 552. The SMILES string of the molecule is C[C@@H](NCc1cc(Cl)cc(Cl)c1)c1ccccc1Br. The summed E-state index contributed by atoms with van der Waals surface area (Å²) >= 11 is 15.5. The maximum Gasteiger partial charge on any atom is 0.0424 e. The molecule has 0 spiro atoms. The molecule has 0 aliphatic rings. The molecule has 0 unspecified atom stereocenters. The van der Waals surface area contributed by atoms with Crippen LogP contribution in [-0.2, 0) is 6.54 Å². The third kappa shape index (κ3) is 4.22. The van der Waals surface area contributed by atoms with Gasteiger partial charge in [-0.25, -0.2) is 0 Å². The summed E-state index contributed by atoms with van der Waals surface area (Å²) in [6.07, 6.45) is 0. The fourth-order valence-electron chi connectivity index (χ4n) is 1.92. The van der Waals surface area contributed by atoms with Crippen LogP contribution < -0.4 is 5.32 Å². The smallest absolute Gasteiger partial charge is 0.0424 e. The van der Waals surface area contributed by atoms with Crippen LogP contribution in [0.25, 0.3) is 0 Å². The van der Waals surface area contributed by atoms with Crippen LogP contribution >= 0.6 is 39.1 Å². The summed E-state index contributed by atoms with van der Waals surface area (Å²) in [7, 11) is 0. The average molecular weight is 359 g/mol. The minimum atomic E-state index is 0.244.